The van der Waals surface area contributed by atoms with Gasteiger partial charge in [0.1, 0.15) is 5.41 Å². The number of nitrogens with one attached hydrogen (secondary N) is 2. The van der Waals surface area contributed by atoms with Crippen molar-refractivity contribution in [2.24, 2.45) is 5.41 Å². The van der Waals surface area contributed by atoms with E-state index in [-0.39, 0.29) is 11.8 Å². The highest BCUT2D eigenvalue weighted by Gasteiger charge is 2.35. The van der Waals surface area contributed by atoms with Gasteiger partial charge in [-0.3, -0.25) is 14.6 Å². The van der Waals surface area contributed by atoms with Crippen LogP contribution in [-0.4, -0.2) is 23.3 Å². The minimum absolute atomic E-state index is 0.257. The molecule has 0 aliphatic carbocycles. The molecule has 0 spiro atoms. The third-order valence-electron chi connectivity index (χ3n) is 4.11. The molecule has 25 heavy (non-hydrogen) atoms. The average molecular weight is 339 g/mol. The molecule has 2 rings (SSSR count). The first-order valence-corrected chi connectivity index (χ1v) is 8.49. The average Bonchev–Trinajstić information content (AvgIpc) is 2.64. The summed E-state index contributed by atoms with van der Waals surface area (Å²) in [6.45, 7) is 4.21. The maximum absolute atomic E-state index is 12.3. The molecule has 5 heteroatoms. The summed E-state index contributed by atoms with van der Waals surface area (Å²) < 4.78 is 0. The Morgan fingerprint density at radius 2 is 1.56 bits per heavy atom. The van der Waals surface area contributed by atoms with Crippen LogP contribution in [0.5, 0.6) is 0 Å². The molecule has 0 bridgehead atoms. The van der Waals surface area contributed by atoms with Gasteiger partial charge >= 0.3 is 0 Å². The van der Waals surface area contributed by atoms with Crippen LogP contribution in [0.25, 0.3) is 0 Å². The number of hydrogen-bond acceptors (Lipinski definition) is 3. The fraction of sp³-hybridized carbons (Fsp3) is 0.350. The van der Waals surface area contributed by atoms with Gasteiger partial charge in [0.05, 0.1) is 0 Å². The molecule has 1 heterocycles. The van der Waals surface area contributed by atoms with E-state index in [9.17, 15) is 9.59 Å². The molecule has 0 saturated carbocycles. The van der Waals surface area contributed by atoms with E-state index in [0.29, 0.717) is 13.1 Å². The van der Waals surface area contributed by atoms with Crippen LogP contribution in [0.3, 0.4) is 0 Å². The quantitative estimate of drug-likeness (QED) is 0.573. The molecule has 0 fully saturated rings. The maximum atomic E-state index is 12.3. The van der Waals surface area contributed by atoms with Crippen molar-refractivity contribution in [2.45, 2.75) is 33.2 Å². The Balaban J connectivity index is 1.75. The van der Waals surface area contributed by atoms with Crippen LogP contribution in [0, 0.1) is 5.41 Å². The van der Waals surface area contributed by atoms with Crippen molar-refractivity contribution in [3.8, 4) is 0 Å². The third-order valence-corrected chi connectivity index (χ3v) is 4.11. The van der Waals surface area contributed by atoms with Gasteiger partial charge in [0, 0.05) is 25.5 Å². The van der Waals surface area contributed by atoms with Crippen molar-refractivity contribution >= 4 is 11.8 Å². The normalized spacial score (nSPS) is 11.0. The lowest BCUT2D eigenvalue weighted by Gasteiger charge is -2.22. The van der Waals surface area contributed by atoms with E-state index < -0.39 is 5.41 Å². The molecule has 5 nitrogen and oxygen atoms in total. The standard InChI is InChI=1S/C20H25N3O2/c1-20(2,19(25)23-15-17-10-13-21-14-11-17)18(24)22-12-6-9-16-7-4-3-5-8-16/h3-5,7-8,10-11,13-14H,6,9,12,15H2,1-2H3,(H,22,24)(H,23,25). The fourth-order valence-electron chi connectivity index (χ4n) is 2.37. The summed E-state index contributed by atoms with van der Waals surface area (Å²) in [6, 6.07) is 13.8. The van der Waals surface area contributed by atoms with Gasteiger partial charge in [-0.15, -0.1) is 0 Å². The number of pyridine rings is 1. The molecule has 1 aromatic carbocycles. The number of nitrogens with zero attached hydrogens (tertiary/aromatic N) is 1. The van der Waals surface area contributed by atoms with Gasteiger partial charge in [0.2, 0.25) is 11.8 Å². The summed E-state index contributed by atoms with van der Waals surface area (Å²) in [5, 5.41) is 5.67. The molecule has 132 valence electrons. The van der Waals surface area contributed by atoms with Crippen molar-refractivity contribution in [3.63, 3.8) is 0 Å². The Bertz CT molecular complexity index is 685. The molecule has 0 radical (unpaired) electrons. The summed E-state index contributed by atoms with van der Waals surface area (Å²) in [7, 11) is 0. The highest BCUT2D eigenvalue weighted by Crippen LogP contribution is 2.16. The maximum Gasteiger partial charge on any atom is 0.235 e. The lowest BCUT2D eigenvalue weighted by Crippen LogP contribution is -2.47. The van der Waals surface area contributed by atoms with E-state index in [1.807, 2.05) is 30.3 Å². The summed E-state index contributed by atoms with van der Waals surface area (Å²) in [5.41, 5.74) is 1.08. The van der Waals surface area contributed by atoms with Crippen LogP contribution in [0.1, 0.15) is 31.4 Å². The van der Waals surface area contributed by atoms with Gasteiger partial charge in [0.15, 0.2) is 0 Å². The van der Waals surface area contributed by atoms with Gasteiger partial charge < -0.3 is 10.6 Å². The second kappa shape index (κ2) is 8.97. The van der Waals surface area contributed by atoms with E-state index >= 15 is 0 Å². The first-order chi connectivity index (χ1) is 12.0. The highest BCUT2D eigenvalue weighted by molar-refractivity contribution is 6.04. The Morgan fingerprint density at radius 3 is 2.24 bits per heavy atom. The summed E-state index contributed by atoms with van der Waals surface area (Å²) in [5.74, 6) is -0.544. The SMILES string of the molecule is CC(C)(C(=O)NCCCc1ccccc1)C(=O)NCc1ccncc1. The van der Waals surface area contributed by atoms with Crippen molar-refractivity contribution in [1.82, 2.24) is 15.6 Å². The van der Waals surface area contributed by atoms with Crippen LogP contribution in [-0.2, 0) is 22.6 Å². The molecule has 0 aliphatic heterocycles. The van der Waals surface area contributed by atoms with Crippen LogP contribution in [0.4, 0.5) is 0 Å². The molecule has 0 atom stereocenters. The number of aryl methyl sites for hydroxylation is 1. The van der Waals surface area contributed by atoms with Crippen LogP contribution < -0.4 is 10.6 Å². The first kappa shape index (κ1) is 18.6. The fourth-order valence-corrected chi connectivity index (χ4v) is 2.37. The number of hydrogen-bond donors (Lipinski definition) is 2. The molecule has 0 saturated heterocycles. The van der Waals surface area contributed by atoms with Crippen molar-refractivity contribution in [2.75, 3.05) is 6.54 Å². The van der Waals surface area contributed by atoms with Crippen LogP contribution >= 0.6 is 0 Å². The number of amides is 2. The zero-order chi connectivity index (χ0) is 18.1. The van der Waals surface area contributed by atoms with Crippen molar-refractivity contribution in [1.29, 1.82) is 0 Å². The zero-order valence-electron chi connectivity index (χ0n) is 14.8. The smallest absolute Gasteiger partial charge is 0.235 e. The number of benzene rings is 1. The van der Waals surface area contributed by atoms with Gasteiger partial charge in [0.25, 0.3) is 0 Å². The van der Waals surface area contributed by atoms with Gasteiger partial charge in [-0.2, -0.15) is 0 Å². The van der Waals surface area contributed by atoms with Gasteiger partial charge in [-0.1, -0.05) is 30.3 Å². The number of aromatic nitrogens is 1. The highest BCUT2D eigenvalue weighted by atomic mass is 16.2. The third kappa shape index (κ3) is 5.71. The monoisotopic (exact) mass is 339 g/mol. The molecule has 0 aliphatic rings. The van der Waals surface area contributed by atoms with Gasteiger partial charge in [-0.05, 0) is 49.9 Å². The Labute approximate surface area is 148 Å². The summed E-state index contributed by atoms with van der Waals surface area (Å²) >= 11 is 0. The summed E-state index contributed by atoms with van der Waals surface area (Å²) in [6.07, 6.45) is 5.08. The minimum atomic E-state index is -1.11. The molecular weight excluding hydrogens is 314 g/mol. The topological polar surface area (TPSA) is 71.1 Å². The van der Waals surface area contributed by atoms with E-state index in [0.717, 1.165) is 18.4 Å². The minimum Gasteiger partial charge on any atom is -0.355 e. The second-order valence-electron chi connectivity index (χ2n) is 6.51. The Hall–Kier alpha value is -2.69. The molecule has 1 aromatic heterocycles. The van der Waals surface area contributed by atoms with E-state index in [4.69, 9.17) is 0 Å². The molecular formula is C20H25N3O2. The lowest BCUT2D eigenvalue weighted by molar-refractivity contribution is -0.141. The largest absolute Gasteiger partial charge is 0.355 e. The van der Waals surface area contributed by atoms with E-state index in [1.165, 1.54) is 5.56 Å². The number of carbonyl (C=O) groups is 2. The molecule has 0 unspecified atom stereocenters. The Morgan fingerprint density at radius 1 is 0.920 bits per heavy atom. The molecule has 2 aromatic rings. The van der Waals surface area contributed by atoms with Crippen LogP contribution in [0.2, 0.25) is 0 Å². The first-order valence-electron chi connectivity index (χ1n) is 8.49. The van der Waals surface area contributed by atoms with Crippen molar-refractivity contribution < 1.29 is 9.59 Å². The zero-order valence-corrected chi connectivity index (χ0v) is 14.8. The molecule has 2 amide bonds. The van der Waals surface area contributed by atoms with E-state index in [1.54, 1.807) is 26.2 Å². The molecule has 2 N–H and O–H groups in total. The summed E-state index contributed by atoms with van der Waals surface area (Å²) in [4.78, 5) is 28.6. The van der Waals surface area contributed by atoms with Crippen molar-refractivity contribution in [3.05, 3.63) is 66.0 Å². The van der Waals surface area contributed by atoms with Gasteiger partial charge in [-0.25, -0.2) is 0 Å². The van der Waals surface area contributed by atoms with Crippen LogP contribution in [0.15, 0.2) is 54.9 Å². The lowest BCUT2D eigenvalue weighted by atomic mass is 9.91. The number of rotatable bonds is 8. The predicted molar refractivity (Wildman–Crippen MR) is 97.6 cm³/mol. The Kier molecular flexibility index (Phi) is 6.69. The van der Waals surface area contributed by atoms with E-state index in [2.05, 4.69) is 27.8 Å². The predicted octanol–water partition coefficient (Wildman–Crippen LogP) is 2.47. The second-order valence-corrected chi connectivity index (χ2v) is 6.51. The number of carbonyl (C=O) groups excluding carboxylic acids is 2.